The van der Waals surface area contributed by atoms with Gasteiger partial charge in [-0.2, -0.15) is 0 Å². The highest BCUT2D eigenvalue weighted by molar-refractivity contribution is 6.00. The van der Waals surface area contributed by atoms with E-state index in [1.54, 1.807) is 4.90 Å². The van der Waals surface area contributed by atoms with Gasteiger partial charge in [-0.15, -0.1) is 0 Å². The molecule has 1 heterocycles. The molecule has 0 bridgehead atoms. The molecular weight excluding hydrogens is 280 g/mol. The molecule has 1 fully saturated rings. The summed E-state index contributed by atoms with van der Waals surface area (Å²) in [7, 11) is 0. The van der Waals surface area contributed by atoms with Gasteiger partial charge in [-0.25, -0.2) is 5.48 Å². The summed E-state index contributed by atoms with van der Waals surface area (Å²) in [6.45, 7) is 8.03. The van der Waals surface area contributed by atoms with Crippen LogP contribution in [0.25, 0.3) is 0 Å². The van der Waals surface area contributed by atoms with Crippen LogP contribution in [0.2, 0.25) is 0 Å². The third kappa shape index (κ3) is 3.85. The van der Waals surface area contributed by atoms with Gasteiger partial charge in [0, 0.05) is 18.7 Å². The van der Waals surface area contributed by atoms with Crippen molar-refractivity contribution in [2.75, 3.05) is 11.4 Å². The lowest BCUT2D eigenvalue weighted by Crippen LogP contribution is -2.38. The van der Waals surface area contributed by atoms with Gasteiger partial charge < -0.3 is 4.90 Å². The average molecular weight is 304 g/mol. The highest BCUT2D eigenvalue weighted by Crippen LogP contribution is 2.28. The Hall–Kier alpha value is -1.88. The number of rotatable bonds is 4. The average Bonchev–Trinajstić information content (AvgIpc) is 2.86. The summed E-state index contributed by atoms with van der Waals surface area (Å²) >= 11 is 0. The molecule has 120 valence electrons. The van der Waals surface area contributed by atoms with Crippen LogP contribution in [0.3, 0.4) is 0 Å². The van der Waals surface area contributed by atoms with Crippen LogP contribution in [0.5, 0.6) is 0 Å². The topological polar surface area (TPSA) is 58.6 Å². The third-order valence-corrected chi connectivity index (χ3v) is 3.62. The molecule has 1 aromatic carbocycles. The first-order valence-corrected chi connectivity index (χ1v) is 7.68. The Morgan fingerprint density at radius 1 is 1.36 bits per heavy atom. The molecule has 1 N–H and O–H groups in total. The zero-order chi connectivity index (χ0) is 16.3. The Balaban J connectivity index is 2.06. The Kier molecular flexibility index (Phi) is 4.86. The maximum absolute atomic E-state index is 12.3. The highest BCUT2D eigenvalue weighted by atomic mass is 16.7. The molecule has 5 heteroatoms. The number of amides is 2. The van der Waals surface area contributed by atoms with E-state index in [1.165, 1.54) is 0 Å². The Bertz CT molecular complexity index is 563. The number of nitrogens with zero attached hydrogens (tertiary/aromatic N) is 1. The maximum Gasteiger partial charge on any atom is 0.248 e. The molecule has 1 atom stereocenters. The zero-order valence-corrected chi connectivity index (χ0v) is 13.7. The van der Waals surface area contributed by atoms with Crippen molar-refractivity contribution in [1.29, 1.82) is 0 Å². The summed E-state index contributed by atoms with van der Waals surface area (Å²) in [6, 6.07) is 7.82. The first-order chi connectivity index (χ1) is 10.3. The number of hydrogen-bond donors (Lipinski definition) is 1. The van der Waals surface area contributed by atoms with Gasteiger partial charge in [-0.05, 0) is 38.8 Å². The summed E-state index contributed by atoms with van der Waals surface area (Å²) in [5, 5.41) is 0. The van der Waals surface area contributed by atoms with Gasteiger partial charge in [-0.1, -0.05) is 25.1 Å². The van der Waals surface area contributed by atoms with Gasteiger partial charge in [-0.3, -0.25) is 14.4 Å². The van der Waals surface area contributed by atoms with Gasteiger partial charge in [0.05, 0.1) is 11.5 Å². The number of carbonyl (C=O) groups excluding carboxylic acids is 2. The van der Waals surface area contributed by atoms with Crippen molar-refractivity contribution >= 4 is 17.5 Å². The molecule has 1 aliphatic rings. The maximum atomic E-state index is 12.3. The summed E-state index contributed by atoms with van der Waals surface area (Å²) in [5.41, 5.74) is 4.03. The number of para-hydroxylation sites is 1. The molecule has 0 radical (unpaired) electrons. The number of nitrogens with one attached hydrogen (secondary N) is 1. The summed E-state index contributed by atoms with van der Waals surface area (Å²) < 4.78 is 0. The van der Waals surface area contributed by atoms with Crippen LogP contribution in [-0.4, -0.2) is 24.0 Å². The van der Waals surface area contributed by atoms with Crippen LogP contribution < -0.4 is 10.4 Å². The summed E-state index contributed by atoms with van der Waals surface area (Å²) in [4.78, 5) is 31.4. The summed E-state index contributed by atoms with van der Waals surface area (Å²) in [5.74, 6) is -0.628. The second-order valence-electron chi connectivity index (χ2n) is 6.57. The molecule has 1 aliphatic heterocycles. The predicted molar refractivity (Wildman–Crippen MR) is 85.3 cm³/mol. The SMILES string of the molecule is CCc1ccccc1N1C[C@@H](C(=O)NOC(C)(C)C)CC1=O. The third-order valence-electron chi connectivity index (χ3n) is 3.62. The zero-order valence-electron chi connectivity index (χ0n) is 13.7. The van der Waals surface area contributed by atoms with Gasteiger partial charge in [0.1, 0.15) is 0 Å². The second-order valence-corrected chi connectivity index (χ2v) is 6.57. The van der Waals surface area contributed by atoms with Crippen LogP contribution >= 0.6 is 0 Å². The first-order valence-electron chi connectivity index (χ1n) is 7.68. The van der Waals surface area contributed by atoms with Crippen molar-refractivity contribution in [1.82, 2.24) is 5.48 Å². The number of hydroxylamine groups is 1. The van der Waals surface area contributed by atoms with E-state index in [-0.39, 0.29) is 24.2 Å². The largest absolute Gasteiger partial charge is 0.311 e. The molecule has 2 amide bonds. The number of aryl methyl sites for hydroxylation is 1. The van der Waals surface area contributed by atoms with Gasteiger partial charge >= 0.3 is 0 Å². The normalized spacial score (nSPS) is 18.6. The Morgan fingerprint density at radius 2 is 2.05 bits per heavy atom. The van der Waals surface area contributed by atoms with Crippen molar-refractivity contribution in [2.45, 2.75) is 46.1 Å². The van der Waals surface area contributed by atoms with E-state index in [9.17, 15) is 9.59 Å². The molecule has 1 saturated heterocycles. The standard InChI is InChI=1S/C17H24N2O3/c1-5-12-8-6-7-9-14(12)19-11-13(10-15(19)20)16(21)18-22-17(2,3)4/h6-9,13H,5,10-11H2,1-4H3,(H,18,21)/t13-/m0/s1. The van der Waals surface area contributed by atoms with Gasteiger partial charge in [0.25, 0.3) is 0 Å². The van der Waals surface area contributed by atoms with Crippen molar-refractivity contribution in [2.24, 2.45) is 5.92 Å². The van der Waals surface area contributed by atoms with E-state index in [0.29, 0.717) is 6.54 Å². The molecule has 0 unspecified atom stereocenters. The monoisotopic (exact) mass is 304 g/mol. The molecule has 22 heavy (non-hydrogen) atoms. The Morgan fingerprint density at radius 3 is 2.68 bits per heavy atom. The van der Waals surface area contributed by atoms with Crippen molar-refractivity contribution < 1.29 is 14.4 Å². The van der Waals surface area contributed by atoms with Crippen LogP contribution in [0.1, 0.15) is 39.7 Å². The van der Waals surface area contributed by atoms with E-state index in [2.05, 4.69) is 12.4 Å². The lowest BCUT2D eigenvalue weighted by molar-refractivity contribution is -0.149. The molecule has 1 aromatic rings. The van der Waals surface area contributed by atoms with Gasteiger partial charge in [0.2, 0.25) is 11.8 Å². The lowest BCUT2D eigenvalue weighted by atomic mass is 10.1. The molecule has 5 nitrogen and oxygen atoms in total. The van der Waals surface area contributed by atoms with E-state index in [4.69, 9.17) is 4.84 Å². The van der Waals surface area contributed by atoms with E-state index in [0.717, 1.165) is 17.7 Å². The number of hydrogen-bond acceptors (Lipinski definition) is 3. The molecule has 2 rings (SSSR count). The highest BCUT2D eigenvalue weighted by Gasteiger charge is 2.36. The minimum absolute atomic E-state index is 0.0168. The fraction of sp³-hybridized carbons (Fsp3) is 0.529. The Labute approximate surface area is 131 Å². The van der Waals surface area contributed by atoms with Gasteiger partial charge in [0.15, 0.2) is 0 Å². The van der Waals surface area contributed by atoms with Crippen LogP contribution in [0.4, 0.5) is 5.69 Å². The minimum Gasteiger partial charge on any atom is -0.311 e. The summed E-state index contributed by atoms with van der Waals surface area (Å²) in [6.07, 6.45) is 1.07. The smallest absolute Gasteiger partial charge is 0.248 e. The molecule has 0 aromatic heterocycles. The molecular formula is C17H24N2O3. The van der Waals surface area contributed by atoms with Crippen LogP contribution in [0, 0.1) is 5.92 Å². The van der Waals surface area contributed by atoms with Crippen LogP contribution in [-0.2, 0) is 20.8 Å². The number of benzene rings is 1. The van der Waals surface area contributed by atoms with E-state index >= 15 is 0 Å². The molecule has 0 spiro atoms. The fourth-order valence-electron chi connectivity index (χ4n) is 2.48. The van der Waals surface area contributed by atoms with Crippen LogP contribution in [0.15, 0.2) is 24.3 Å². The second kappa shape index (κ2) is 6.48. The predicted octanol–water partition coefficient (Wildman–Crippen LogP) is 2.45. The van der Waals surface area contributed by atoms with Crippen molar-refractivity contribution in [3.63, 3.8) is 0 Å². The lowest BCUT2D eigenvalue weighted by Gasteiger charge is -2.21. The quantitative estimate of drug-likeness (QED) is 0.869. The minimum atomic E-state index is -0.452. The van der Waals surface area contributed by atoms with E-state index in [1.807, 2.05) is 45.0 Å². The molecule has 0 saturated carbocycles. The van der Waals surface area contributed by atoms with Crippen molar-refractivity contribution in [3.8, 4) is 0 Å². The van der Waals surface area contributed by atoms with Crippen molar-refractivity contribution in [3.05, 3.63) is 29.8 Å². The molecule has 0 aliphatic carbocycles. The number of anilines is 1. The fourth-order valence-corrected chi connectivity index (χ4v) is 2.48. The first kappa shape index (κ1) is 16.5. The number of carbonyl (C=O) groups is 2. The van der Waals surface area contributed by atoms with E-state index < -0.39 is 5.60 Å².